The molecule has 0 spiro atoms. The zero-order valence-corrected chi connectivity index (χ0v) is 9.48. The molecule has 14 heavy (non-hydrogen) atoms. The van der Waals surface area contributed by atoms with Crippen molar-refractivity contribution < 1.29 is 4.39 Å². The first kappa shape index (κ1) is 11.6. The fourth-order valence-corrected chi connectivity index (χ4v) is 1.59. The number of nitrogens with two attached hydrogens (primary N) is 1. The largest absolute Gasteiger partial charge is 0.329 e. The first-order valence-corrected chi connectivity index (χ1v) is 5.38. The highest BCUT2D eigenvalue weighted by Crippen LogP contribution is 2.15. The monoisotopic (exact) mass is 260 g/mol. The normalized spacial score (nSPS) is 10.5. The molecule has 0 amide bonds. The Morgan fingerprint density at radius 3 is 2.86 bits per heavy atom. The summed E-state index contributed by atoms with van der Waals surface area (Å²) < 4.78 is 14.1. The number of hydrogen-bond donors (Lipinski definition) is 2. The molecule has 4 heteroatoms. The Kier molecular flexibility index (Phi) is 5.07. The molecule has 0 aromatic heterocycles. The van der Waals surface area contributed by atoms with Gasteiger partial charge in [0.1, 0.15) is 5.82 Å². The maximum Gasteiger partial charge on any atom is 0.126 e. The van der Waals surface area contributed by atoms with E-state index < -0.39 is 0 Å². The average molecular weight is 261 g/mol. The SMILES string of the molecule is NCCNCCc1cc(Br)ccc1F. The van der Waals surface area contributed by atoms with Crippen molar-refractivity contribution >= 4 is 15.9 Å². The zero-order valence-electron chi connectivity index (χ0n) is 7.89. The Balaban J connectivity index is 2.45. The van der Waals surface area contributed by atoms with Gasteiger partial charge in [-0.2, -0.15) is 0 Å². The van der Waals surface area contributed by atoms with Crippen molar-refractivity contribution in [1.29, 1.82) is 0 Å². The summed E-state index contributed by atoms with van der Waals surface area (Å²) in [5.74, 6) is -0.150. The van der Waals surface area contributed by atoms with E-state index in [1.807, 2.05) is 0 Å². The second-order valence-corrected chi connectivity index (χ2v) is 3.94. The minimum atomic E-state index is -0.150. The molecule has 3 N–H and O–H groups in total. The summed E-state index contributed by atoms with van der Waals surface area (Å²) in [7, 11) is 0. The fourth-order valence-electron chi connectivity index (χ4n) is 1.19. The van der Waals surface area contributed by atoms with Crippen LogP contribution in [0.1, 0.15) is 5.56 Å². The molecule has 0 saturated carbocycles. The first-order valence-electron chi connectivity index (χ1n) is 4.58. The summed E-state index contributed by atoms with van der Waals surface area (Å²) in [5, 5.41) is 3.12. The predicted octanol–water partition coefficient (Wildman–Crippen LogP) is 1.68. The molecule has 78 valence electrons. The van der Waals surface area contributed by atoms with E-state index in [1.54, 1.807) is 12.1 Å². The second-order valence-electron chi connectivity index (χ2n) is 3.02. The van der Waals surface area contributed by atoms with E-state index in [1.165, 1.54) is 6.07 Å². The Hall–Kier alpha value is -0.450. The molecule has 0 saturated heterocycles. The quantitative estimate of drug-likeness (QED) is 0.791. The maximum absolute atomic E-state index is 13.2. The van der Waals surface area contributed by atoms with Gasteiger partial charge in [-0.05, 0) is 36.7 Å². The van der Waals surface area contributed by atoms with Gasteiger partial charge >= 0.3 is 0 Å². The Bertz CT molecular complexity index is 291. The third kappa shape index (κ3) is 3.74. The Morgan fingerprint density at radius 1 is 1.36 bits per heavy atom. The molecular formula is C10H14BrFN2. The highest BCUT2D eigenvalue weighted by molar-refractivity contribution is 9.10. The number of nitrogens with one attached hydrogen (secondary N) is 1. The van der Waals surface area contributed by atoms with Crippen LogP contribution in [0.2, 0.25) is 0 Å². The fraction of sp³-hybridized carbons (Fsp3) is 0.400. The van der Waals surface area contributed by atoms with Crippen molar-refractivity contribution in [3.05, 3.63) is 34.1 Å². The number of benzene rings is 1. The van der Waals surface area contributed by atoms with Crippen LogP contribution in [0.25, 0.3) is 0 Å². The molecule has 0 aliphatic carbocycles. The molecule has 0 radical (unpaired) electrons. The van der Waals surface area contributed by atoms with Crippen LogP contribution < -0.4 is 11.1 Å². The molecule has 1 aromatic rings. The smallest absolute Gasteiger partial charge is 0.126 e. The zero-order chi connectivity index (χ0) is 10.4. The van der Waals surface area contributed by atoms with E-state index in [9.17, 15) is 4.39 Å². The lowest BCUT2D eigenvalue weighted by Gasteiger charge is -2.05. The molecule has 0 aliphatic heterocycles. The number of hydrogen-bond acceptors (Lipinski definition) is 2. The molecule has 1 aromatic carbocycles. The molecule has 1 rings (SSSR count). The van der Waals surface area contributed by atoms with Gasteiger partial charge in [-0.15, -0.1) is 0 Å². The van der Waals surface area contributed by atoms with Crippen LogP contribution in [0.5, 0.6) is 0 Å². The molecule has 0 fully saturated rings. The summed E-state index contributed by atoms with van der Waals surface area (Å²) >= 11 is 3.31. The molecular weight excluding hydrogens is 247 g/mol. The summed E-state index contributed by atoms with van der Waals surface area (Å²) in [6.07, 6.45) is 0.686. The minimum absolute atomic E-state index is 0.150. The molecule has 0 aliphatic rings. The summed E-state index contributed by atoms with van der Waals surface area (Å²) in [4.78, 5) is 0. The van der Waals surface area contributed by atoms with Gasteiger partial charge < -0.3 is 11.1 Å². The molecule has 0 heterocycles. The predicted molar refractivity (Wildman–Crippen MR) is 59.7 cm³/mol. The van der Waals surface area contributed by atoms with E-state index in [-0.39, 0.29) is 5.82 Å². The van der Waals surface area contributed by atoms with Gasteiger partial charge in [-0.1, -0.05) is 15.9 Å². The summed E-state index contributed by atoms with van der Waals surface area (Å²) in [5.41, 5.74) is 6.04. The van der Waals surface area contributed by atoms with Crippen LogP contribution in [0, 0.1) is 5.82 Å². The van der Waals surface area contributed by atoms with E-state index in [2.05, 4.69) is 21.2 Å². The number of halogens is 2. The van der Waals surface area contributed by atoms with Crippen molar-refractivity contribution in [2.24, 2.45) is 5.73 Å². The first-order chi connectivity index (χ1) is 6.74. The minimum Gasteiger partial charge on any atom is -0.329 e. The molecule has 0 atom stereocenters. The van der Waals surface area contributed by atoms with Gasteiger partial charge in [0.2, 0.25) is 0 Å². The second kappa shape index (κ2) is 6.11. The van der Waals surface area contributed by atoms with Gasteiger partial charge in [-0.3, -0.25) is 0 Å². The van der Waals surface area contributed by atoms with Crippen molar-refractivity contribution in [3.63, 3.8) is 0 Å². The van der Waals surface area contributed by atoms with Crippen molar-refractivity contribution in [1.82, 2.24) is 5.32 Å². The van der Waals surface area contributed by atoms with E-state index in [0.717, 1.165) is 23.1 Å². The molecule has 2 nitrogen and oxygen atoms in total. The van der Waals surface area contributed by atoms with Gasteiger partial charge in [0, 0.05) is 17.6 Å². The van der Waals surface area contributed by atoms with Crippen LogP contribution in [-0.4, -0.2) is 19.6 Å². The van der Waals surface area contributed by atoms with Crippen LogP contribution in [0.3, 0.4) is 0 Å². The van der Waals surface area contributed by atoms with Crippen LogP contribution in [-0.2, 0) is 6.42 Å². The average Bonchev–Trinajstić information content (AvgIpc) is 2.18. The van der Waals surface area contributed by atoms with Crippen LogP contribution in [0.15, 0.2) is 22.7 Å². The lowest BCUT2D eigenvalue weighted by atomic mass is 10.1. The van der Waals surface area contributed by atoms with Crippen molar-refractivity contribution in [3.8, 4) is 0 Å². The molecule has 0 unspecified atom stereocenters. The standard InChI is InChI=1S/C10H14BrFN2/c11-9-1-2-10(12)8(7-9)3-5-14-6-4-13/h1-2,7,14H,3-6,13H2. The third-order valence-electron chi connectivity index (χ3n) is 1.90. The van der Waals surface area contributed by atoms with Crippen LogP contribution in [0.4, 0.5) is 4.39 Å². The third-order valence-corrected chi connectivity index (χ3v) is 2.39. The van der Waals surface area contributed by atoms with E-state index >= 15 is 0 Å². The topological polar surface area (TPSA) is 38.0 Å². The molecule has 0 bridgehead atoms. The van der Waals surface area contributed by atoms with Crippen molar-refractivity contribution in [2.75, 3.05) is 19.6 Å². The van der Waals surface area contributed by atoms with Gasteiger partial charge in [-0.25, -0.2) is 4.39 Å². The van der Waals surface area contributed by atoms with Crippen molar-refractivity contribution in [2.45, 2.75) is 6.42 Å². The summed E-state index contributed by atoms with van der Waals surface area (Å²) in [6, 6.07) is 4.98. The van der Waals surface area contributed by atoms with Gasteiger partial charge in [0.05, 0.1) is 0 Å². The lowest BCUT2D eigenvalue weighted by molar-refractivity contribution is 0.598. The van der Waals surface area contributed by atoms with E-state index in [0.29, 0.717) is 13.0 Å². The highest BCUT2D eigenvalue weighted by atomic mass is 79.9. The van der Waals surface area contributed by atoms with Gasteiger partial charge in [0.25, 0.3) is 0 Å². The highest BCUT2D eigenvalue weighted by Gasteiger charge is 2.01. The van der Waals surface area contributed by atoms with Gasteiger partial charge in [0.15, 0.2) is 0 Å². The number of rotatable bonds is 5. The Morgan fingerprint density at radius 2 is 2.14 bits per heavy atom. The van der Waals surface area contributed by atoms with E-state index in [4.69, 9.17) is 5.73 Å². The Labute approximate surface area is 91.8 Å². The summed E-state index contributed by atoms with van der Waals surface area (Å²) in [6.45, 7) is 2.14. The lowest BCUT2D eigenvalue weighted by Crippen LogP contribution is -2.24. The van der Waals surface area contributed by atoms with Crippen LogP contribution >= 0.6 is 15.9 Å². The maximum atomic E-state index is 13.2.